The van der Waals surface area contributed by atoms with Crippen LogP contribution in [0, 0.1) is 11.2 Å². The van der Waals surface area contributed by atoms with Gasteiger partial charge in [0.25, 0.3) is 0 Å². The van der Waals surface area contributed by atoms with Gasteiger partial charge >= 0.3 is 6.03 Å². The van der Waals surface area contributed by atoms with Crippen molar-refractivity contribution in [1.29, 1.82) is 0 Å². The standard InChI is InChI=1S/C32H43F2N5O3S/c1-32(2,3)29(39(18-13-26(35)20-33)31(40)37-16-14-27(15-17-37)43(4,41)42)30-36-28(24-11-8-12-25(34)19-24)22-38(30)21-23-9-6-5-7-10-23/h5-12,19,22,26-27,29H,13-18,20-21,35H2,1-4H3/t26-,29?/m1/s1. The number of amides is 2. The molecule has 8 nitrogen and oxygen atoms in total. The van der Waals surface area contributed by atoms with E-state index < -0.39 is 39.3 Å². The molecule has 4 rings (SSSR count). The molecule has 1 aliphatic heterocycles. The number of rotatable bonds is 10. The molecule has 2 N–H and O–H groups in total. The van der Waals surface area contributed by atoms with Crippen LogP contribution < -0.4 is 5.73 Å². The van der Waals surface area contributed by atoms with Crippen LogP contribution in [-0.4, -0.2) is 77.7 Å². The molecule has 0 radical (unpaired) electrons. The van der Waals surface area contributed by atoms with Crippen molar-refractivity contribution in [3.05, 3.63) is 78.0 Å². The number of aromatic nitrogens is 2. The van der Waals surface area contributed by atoms with E-state index >= 15 is 0 Å². The Kier molecular flexibility index (Phi) is 10.3. The fourth-order valence-corrected chi connectivity index (χ4v) is 6.78. The number of likely N-dealkylation sites (tertiary alicyclic amines) is 1. The summed E-state index contributed by atoms with van der Waals surface area (Å²) in [5, 5.41) is -0.484. The zero-order chi connectivity index (χ0) is 31.4. The number of benzene rings is 2. The van der Waals surface area contributed by atoms with Gasteiger partial charge in [-0.1, -0.05) is 63.2 Å². The number of alkyl halides is 1. The molecule has 1 aliphatic rings. The summed E-state index contributed by atoms with van der Waals surface area (Å²) in [4.78, 5) is 22.7. The Morgan fingerprint density at radius 3 is 2.37 bits per heavy atom. The molecule has 2 amide bonds. The molecule has 2 atom stereocenters. The molecule has 0 bridgehead atoms. The quantitative estimate of drug-likeness (QED) is 0.327. The number of carbonyl (C=O) groups excluding carboxylic acids is 1. The van der Waals surface area contributed by atoms with Crippen LogP contribution in [0.5, 0.6) is 0 Å². The van der Waals surface area contributed by atoms with Crippen LogP contribution in [0.25, 0.3) is 11.3 Å². The van der Waals surface area contributed by atoms with Crippen molar-refractivity contribution >= 4 is 15.9 Å². The van der Waals surface area contributed by atoms with Crippen LogP contribution in [-0.2, 0) is 16.4 Å². The van der Waals surface area contributed by atoms with E-state index in [1.165, 1.54) is 18.4 Å². The van der Waals surface area contributed by atoms with E-state index in [1.54, 1.807) is 21.9 Å². The summed E-state index contributed by atoms with van der Waals surface area (Å²) in [5.74, 6) is 0.238. The number of imidazole rings is 1. The first-order valence-electron chi connectivity index (χ1n) is 14.7. The Morgan fingerprint density at radius 1 is 1.12 bits per heavy atom. The SMILES string of the molecule is CC(C)(C)C(c1nc(-c2cccc(F)c2)cn1Cc1ccccc1)N(CC[C@@H](N)CF)C(=O)N1CCC(S(C)(=O)=O)CC1. The summed E-state index contributed by atoms with van der Waals surface area (Å²) in [6.07, 6.45) is 4.07. The smallest absolute Gasteiger partial charge is 0.320 e. The minimum absolute atomic E-state index is 0.186. The maximum absolute atomic E-state index is 14.3. The Bertz CT molecular complexity index is 1480. The molecule has 234 valence electrons. The highest BCUT2D eigenvalue weighted by Crippen LogP contribution is 2.40. The summed E-state index contributed by atoms with van der Waals surface area (Å²) in [7, 11) is -3.21. The first kappa shape index (κ1) is 32.6. The lowest BCUT2D eigenvalue weighted by Crippen LogP contribution is -2.52. The summed E-state index contributed by atoms with van der Waals surface area (Å²) >= 11 is 0. The Hall–Kier alpha value is -3.31. The van der Waals surface area contributed by atoms with Gasteiger partial charge in [-0.2, -0.15) is 0 Å². The van der Waals surface area contributed by atoms with E-state index in [1.807, 2.05) is 61.9 Å². The second-order valence-corrected chi connectivity index (χ2v) is 14.9. The molecule has 1 unspecified atom stereocenters. The largest absolute Gasteiger partial charge is 0.328 e. The number of sulfone groups is 1. The van der Waals surface area contributed by atoms with Gasteiger partial charge in [-0.3, -0.25) is 0 Å². The van der Waals surface area contributed by atoms with E-state index in [9.17, 15) is 22.0 Å². The van der Waals surface area contributed by atoms with E-state index in [0.717, 1.165) is 5.56 Å². The van der Waals surface area contributed by atoms with Gasteiger partial charge in [-0.15, -0.1) is 0 Å². The molecule has 11 heteroatoms. The molecule has 43 heavy (non-hydrogen) atoms. The monoisotopic (exact) mass is 615 g/mol. The third-order valence-electron chi connectivity index (χ3n) is 8.00. The first-order valence-corrected chi connectivity index (χ1v) is 16.7. The highest BCUT2D eigenvalue weighted by molar-refractivity contribution is 7.91. The summed E-state index contributed by atoms with van der Waals surface area (Å²) < 4.78 is 54.0. The van der Waals surface area contributed by atoms with Crippen molar-refractivity contribution in [2.45, 2.75) is 63.9 Å². The normalized spacial score (nSPS) is 16.2. The lowest BCUT2D eigenvalue weighted by molar-refractivity contribution is 0.0770. The Balaban J connectivity index is 1.79. The van der Waals surface area contributed by atoms with Crippen molar-refractivity contribution in [3.63, 3.8) is 0 Å². The highest BCUT2D eigenvalue weighted by Gasteiger charge is 2.41. The Labute approximate surface area is 253 Å². The van der Waals surface area contributed by atoms with Crippen molar-refractivity contribution in [3.8, 4) is 11.3 Å². The van der Waals surface area contributed by atoms with Gasteiger partial charge in [0.2, 0.25) is 0 Å². The maximum atomic E-state index is 14.3. The lowest BCUT2D eigenvalue weighted by Gasteiger charge is -2.43. The zero-order valence-electron chi connectivity index (χ0n) is 25.4. The summed E-state index contributed by atoms with van der Waals surface area (Å²) in [6, 6.07) is 14.5. The van der Waals surface area contributed by atoms with Gasteiger partial charge in [0.05, 0.1) is 17.0 Å². The van der Waals surface area contributed by atoms with Gasteiger partial charge in [-0.05, 0) is 42.4 Å². The first-order chi connectivity index (χ1) is 20.3. The van der Waals surface area contributed by atoms with E-state index in [4.69, 9.17) is 10.7 Å². The van der Waals surface area contributed by atoms with E-state index in [0.29, 0.717) is 49.6 Å². The fourth-order valence-electron chi connectivity index (χ4n) is 5.71. The minimum atomic E-state index is -3.21. The van der Waals surface area contributed by atoms with Crippen LogP contribution in [0.2, 0.25) is 0 Å². The van der Waals surface area contributed by atoms with Gasteiger partial charge in [0.1, 0.15) is 28.2 Å². The third-order valence-corrected chi connectivity index (χ3v) is 9.69. The van der Waals surface area contributed by atoms with Crippen molar-refractivity contribution in [1.82, 2.24) is 19.4 Å². The minimum Gasteiger partial charge on any atom is -0.328 e. The number of urea groups is 1. The van der Waals surface area contributed by atoms with Gasteiger partial charge < -0.3 is 20.1 Å². The molecule has 2 aromatic carbocycles. The average molecular weight is 616 g/mol. The zero-order valence-corrected chi connectivity index (χ0v) is 26.2. The number of hydrogen-bond donors (Lipinski definition) is 1. The number of piperidine rings is 1. The molecular weight excluding hydrogens is 572 g/mol. The molecule has 0 saturated carbocycles. The van der Waals surface area contributed by atoms with Crippen LogP contribution in [0.4, 0.5) is 13.6 Å². The lowest BCUT2D eigenvalue weighted by atomic mass is 9.84. The van der Waals surface area contributed by atoms with Gasteiger partial charge in [0.15, 0.2) is 0 Å². The highest BCUT2D eigenvalue weighted by atomic mass is 32.2. The van der Waals surface area contributed by atoms with E-state index in [2.05, 4.69) is 0 Å². The second-order valence-electron chi connectivity index (χ2n) is 12.6. The van der Waals surface area contributed by atoms with Gasteiger partial charge in [0, 0.05) is 50.2 Å². The van der Waals surface area contributed by atoms with E-state index in [-0.39, 0.29) is 24.8 Å². The molecule has 0 spiro atoms. The number of hydrogen-bond acceptors (Lipinski definition) is 5. The molecule has 0 aliphatic carbocycles. The van der Waals surface area contributed by atoms with Crippen LogP contribution in [0.3, 0.4) is 0 Å². The van der Waals surface area contributed by atoms with Crippen LogP contribution >= 0.6 is 0 Å². The molecule has 1 fully saturated rings. The van der Waals surface area contributed by atoms with Gasteiger partial charge in [-0.25, -0.2) is 27.0 Å². The molecule has 2 heterocycles. The number of halogens is 2. The molecule has 1 saturated heterocycles. The molecular formula is C32H43F2N5O3S. The third kappa shape index (κ3) is 8.20. The Morgan fingerprint density at radius 2 is 1.79 bits per heavy atom. The summed E-state index contributed by atoms with van der Waals surface area (Å²) in [6.45, 7) is 6.60. The number of nitrogens with zero attached hydrogens (tertiary/aromatic N) is 4. The molecule has 3 aromatic rings. The summed E-state index contributed by atoms with van der Waals surface area (Å²) in [5.41, 5.74) is 7.67. The average Bonchev–Trinajstić information content (AvgIpc) is 3.36. The van der Waals surface area contributed by atoms with Crippen molar-refractivity contribution in [2.75, 3.05) is 32.6 Å². The van der Waals surface area contributed by atoms with Crippen LogP contribution in [0.1, 0.15) is 57.5 Å². The topological polar surface area (TPSA) is 102 Å². The predicted molar refractivity (Wildman–Crippen MR) is 165 cm³/mol. The number of carbonyl (C=O) groups is 1. The predicted octanol–water partition coefficient (Wildman–Crippen LogP) is 5.44. The second kappa shape index (κ2) is 13.5. The maximum Gasteiger partial charge on any atom is 0.320 e. The molecule has 1 aromatic heterocycles. The fraction of sp³-hybridized carbons (Fsp3) is 0.500. The van der Waals surface area contributed by atoms with Crippen molar-refractivity contribution in [2.24, 2.45) is 11.1 Å². The van der Waals surface area contributed by atoms with Crippen molar-refractivity contribution < 1.29 is 22.0 Å². The van der Waals surface area contributed by atoms with Crippen LogP contribution in [0.15, 0.2) is 60.8 Å². The number of nitrogens with two attached hydrogens (primary N) is 1.